The molecule has 0 atom stereocenters. The molecule has 2 aromatic heterocycles. The summed E-state index contributed by atoms with van der Waals surface area (Å²) in [5.41, 5.74) is 7.46. The van der Waals surface area contributed by atoms with Crippen molar-refractivity contribution in [2.75, 3.05) is 5.32 Å². The number of aryl methyl sites for hydroxylation is 3. The predicted octanol–water partition coefficient (Wildman–Crippen LogP) is 5.73. The van der Waals surface area contributed by atoms with Crippen molar-refractivity contribution in [3.63, 3.8) is 0 Å². The van der Waals surface area contributed by atoms with E-state index in [4.69, 9.17) is 16.6 Å². The van der Waals surface area contributed by atoms with E-state index in [1.165, 1.54) is 11.1 Å². The molecule has 5 rings (SSSR count). The van der Waals surface area contributed by atoms with Gasteiger partial charge < -0.3 is 9.73 Å². The molecule has 35 heavy (non-hydrogen) atoms. The van der Waals surface area contributed by atoms with Crippen molar-refractivity contribution in [2.45, 2.75) is 20.8 Å². The van der Waals surface area contributed by atoms with Crippen molar-refractivity contribution in [3.8, 4) is 17.0 Å². The minimum Gasteiger partial charge on any atom is -0.451 e. The minimum absolute atomic E-state index is 0.157. The van der Waals surface area contributed by atoms with Crippen LogP contribution in [0.5, 0.6) is 0 Å². The Morgan fingerprint density at radius 3 is 2.40 bits per heavy atom. The number of thiocarbonyl (C=S) groups is 1. The fourth-order valence-corrected chi connectivity index (χ4v) is 3.83. The Kier molecular flexibility index (Phi) is 5.88. The monoisotopic (exact) mass is 481 g/mol. The summed E-state index contributed by atoms with van der Waals surface area (Å²) in [5.74, 6) is 0.377. The second-order valence-electron chi connectivity index (χ2n) is 8.40. The number of benzene rings is 3. The first-order valence-corrected chi connectivity index (χ1v) is 11.5. The molecular weight excluding hydrogens is 458 g/mol. The first kappa shape index (κ1) is 22.5. The van der Waals surface area contributed by atoms with Crippen LogP contribution in [0.2, 0.25) is 0 Å². The number of carbonyl (C=O) groups excluding carboxylic acids is 1. The SMILES string of the molecule is Cc1ccc(-n2nc3ccc(NC(=S)NC(=O)c4ccc(-c5ccc(C)c(C)c5)o4)cc3n2)cc1. The van der Waals surface area contributed by atoms with Crippen LogP contribution in [0.15, 0.2) is 77.2 Å². The highest BCUT2D eigenvalue weighted by Gasteiger charge is 2.15. The lowest BCUT2D eigenvalue weighted by Gasteiger charge is -2.08. The first-order chi connectivity index (χ1) is 16.9. The second-order valence-corrected chi connectivity index (χ2v) is 8.81. The normalized spacial score (nSPS) is 10.9. The van der Waals surface area contributed by atoms with Gasteiger partial charge >= 0.3 is 0 Å². The van der Waals surface area contributed by atoms with Gasteiger partial charge in [0, 0.05) is 11.3 Å². The highest BCUT2D eigenvalue weighted by atomic mass is 32.1. The maximum Gasteiger partial charge on any atom is 0.293 e. The Bertz CT molecular complexity index is 1570. The zero-order valence-electron chi connectivity index (χ0n) is 19.5. The maximum atomic E-state index is 12.6. The Morgan fingerprint density at radius 1 is 0.857 bits per heavy atom. The van der Waals surface area contributed by atoms with Crippen LogP contribution in [-0.2, 0) is 0 Å². The minimum atomic E-state index is -0.427. The summed E-state index contributed by atoms with van der Waals surface area (Å²) in [5, 5.41) is 14.9. The van der Waals surface area contributed by atoms with Gasteiger partial charge in [0.2, 0.25) is 0 Å². The molecule has 2 N–H and O–H groups in total. The van der Waals surface area contributed by atoms with E-state index in [0.717, 1.165) is 22.3 Å². The second kappa shape index (κ2) is 9.15. The highest BCUT2D eigenvalue weighted by molar-refractivity contribution is 7.80. The molecule has 0 aliphatic heterocycles. The molecule has 0 unspecified atom stereocenters. The standard InChI is InChI=1S/C27H23N5O2S/c1-16-4-9-21(10-5-16)32-30-22-11-8-20(15-23(22)31-32)28-27(35)29-26(33)25-13-12-24(34-25)19-7-6-17(2)18(3)14-19/h4-15H,1-3H3,(H2,28,29,33,35). The number of rotatable bonds is 4. The van der Waals surface area contributed by atoms with Crippen LogP contribution in [0.1, 0.15) is 27.2 Å². The Labute approximate surface area is 207 Å². The summed E-state index contributed by atoms with van der Waals surface area (Å²) in [7, 11) is 0. The van der Waals surface area contributed by atoms with Crippen LogP contribution in [0, 0.1) is 20.8 Å². The molecule has 0 saturated carbocycles. The number of aromatic nitrogens is 3. The average Bonchev–Trinajstić information content (AvgIpc) is 3.49. The fraction of sp³-hybridized carbons (Fsp3) is 0.111. The summed E-state index contributed by atoms with van der Waals surface area (Å²) in [4.78, 5) is 14.2. The molecular formula is C27H23N5O2S. The molecule has 1 amide bonds. The summed E-state index contributed by atoms with van der Waals surface area (Å²) in [6.07, 6.45) is 0. The quantitative estimate of drug-likeness (QED) is 0.319. The molecule has 0 radical (unpaired) electrons. The van der Waals surface area contributed by atoms with E-state index in [1.807, 2.05) is 74.5 Å². The summed E-state index contributed by atoms with van der Waals surface area (Å²) in [6.45, 7) is 6.13. The van der Waals surface area contributed by atoms with Crippen LogP contribution < -0.4 is 10.6 Å². The van der Waals surface area contributed by atoms with E-state index in [-0.39, 0.29) is 10.9 Å². The van der Waals surface area contributed by atoms with Crippen molar-refractivity contribution in [1.82, 2.24) is 20.3 Å². The number of hydrogen-bond donors (Lipinski definition) is 2. The lowest BCUT2D eigenvalue weighted by molar-refractivity contribution is 0.0951. The Morgan fingerprint density at radius 2 is 1.63 bits per heavy atom. The van der Waals surface area contributed by atoms with Gasteiger partial charge in [0.15, 0.2) is 10.9 Å². The third-order valence-corrected chi connectivity index (χ3v) is 5.96. The number of fused-ring (bicyclic) bond motifs is 1. The van der Waals surface area contributed by atoms with Crippen LogP contribution in [-0.4, -0.2) is 26.0 Å². The van der Waals surface area contributed by atoms with Gasteiger partial charge in [-0.25, -0.2) is 0 Å². The summed E-state index contributed by atoms with van der Waals surface area (Å²) >= 11 is 5.33. The number of furan rings is 1. The van der Waals surface area contributed by atoms with Gasteiger partial charge in [-0.15, -0.1) is 10.2 Å². The Hall–Kier alpha value is -4.30. The molecule has 0 saturated heterocycles. The van der Waals surface area contributed by atoms with Gasteiger partial charge in [-0.05, 0) is 92.6 Å². The van der Waals surface area contributed by atoms with Crippen molar-refractivity contribution in [3.05, 3.63) is 95.2 Å². The van der Waals surface area contributed by atoms with Crippen LogP contribution in [0.3, 0.4) is 0 Å². The molecule has 5 aromatic rings. The zero-order chi connectivity index (χ0) is 24.5. The predicted molar refractivity (Wildman–Crippen MR) is 141 cm³/mol. The number of anilines is 1. The van der Waals surface area contributed by atoms with Gasteiger partial charge in [-0.3, -0.25) is 10.1 Å². The third kappa shape index (κ3) is 4.83. The summed E-state index contributed by atoms with van der Waals surface area (Å²) in [6, 6.07) is 22.9. The lowest BCUT2D eigenvalue weighted by atomic mass is 10.1. The van der Waals surface area contributed by atoms with Gasteiger partial charge in [-0.1, -0.05) is 29.8 Å². The van der Waals surface area contributed by atoms with Gasteiger partial charge in [0.1, 0.15) is 16.8 Å². The number of nitrogens with one attached hydrogen (secondary N) is 2. The average molecular weight is 482 g/mol. The molecule has 7 nitrogen and oxygen atoms in total. The van der Waals surface area contributed by atoms with Crippen LogP contribution in [0.25, 0.3) is 28.0 Å². The molecule has 174 valence electrons. The zero-order valence-corrected chi connectivity index (χ0v) is 20.3. The Balaban J connectivity index is 1.26. The molecule has 0 aliphatic carbocycles. The number of nitrogens with zero attached hydrogens (tertiary/aromatic N) is 3. The van der Waals surface area contributed by atoms with E-state index in [9.17, 15) is 4.79 Å². The van der Waals surface area contributed by atoms with Gasteiger partial charge in [0.25, 0.3) is 5.91 Å². The lowest BCUT2D eigenvalue weighted by Crippen LogP contribution is -2.33. The number of carbonyl (C=O) groups is 1. The van der Waals surface area contributed by atoms with Gasteiger partial charge in [0.05, 0.1) is 5.69 Å². The van der Waals surface area contributed by atoms with E-state index < -0.39 is 5.91 Å². The van der Waals surface area contributed by atoms with Crippen LogP contribution in [0.4, 0.5) is 5.69 Å². The molecule has 0 bridgehead atoms. The van der Waals surface area contributed by atoms with E-state index >= 15 is 0 Å². The fourth-order valence-electron chi connectivity index (χ4n) is 3.62. The number of amides is 1. The highest BCUT2D eigenvalue weighted by Crippen LogP contribution is 2.24. The molecule has 3 aromatic carbocycles. The molecule has 8 heteroatoms. The topological polar surface area (TPSA) is 85.0 Å². The molecule has 0 fully saturated rings. The number of hydrogen-bond acceptors (Lipinski definition) is 5. The smallest absolute Gasteiger partial charge is 0.293 e. The summed E-state index contributed by atoms with van der Waals surface area (Å²) < 4.78 is 5.77. The van der Waals surface area contributed by atoms with Crippen molar-refractivity contribution in [1.29, 1.82) is 0 Å². The maximum absolute atomic E-state index is 12.6. The van der Waals surface area contributed by atoms with E-state index in [2.05, 4.69) is 27.8 Å². The van der Waals surface area contributed by atoms with E-state index in [0.29, 0.717) is 17.0 Å². The van der Waals surface area contributed by atoms with Crippen molar-refractivity contribution >= 4 is 40.0 Å². The van der Waals surface area contributed by atoms with Crippen molar-refractivity contribution in [2.24, 2.45) is 0 Å². The molecule has 0 aliphatic rings. The van der Waals surface area contributed by atoms with Crippen LogP contribution >= 0.6 is 12.2 Å². The third-order valence-electron chi connectivity index (χ3n) is 5.75. The molecule has 0 spiro atoms. The molecule has 2 heterocycles. The largest absolute Gasteiger partial charge is 0.451 e. The first-order valence-electron chi connectivity index (χ1n) is 11.1. The van der Waals surface area contributed by atoms with Crippen molar-refractivity contribution < 1.29 is 9.21 Å². The van der Waals surface area contributed by atoms with Gasteiger partial charge in [-0.2, -0.15) is 4.80 Å². The van der Waals surface area contributed by atoms with E-state index in [1.54, 1.807) is 16.9 Å².